The van der Waals surface area contributed by atoms with Crippen molar-refractivity contribution in [3.63, 3.8) is 0 Å². The monoisotopic (exact) mass is 519 g/mol. The zero-order chi connectivity index (χ0) is 27.4. The number of hydrogen-bond acceptors (Lipinski definition) is 11. The minimum atomic E-state index is -1.89. The third-order valence-electron chi connectivity index (χ3n) is 4.76. The lowest BCUT2D eigenvalue weighted by molar-refractivity contribution is -0.144. The zero-order valence-corrected chi connectivity index (χ0v) is 20.6. The Morgan fingerprint density at radius 2 is 1.46 bits per heavy atom. The van der Waals surface area contributed by atoms with Crippen LogP contribution in [0.3, 0.4) is 0 Å². The summed E-state index contributed by atoms with van der Waals surface area (Å²) in [5, 5.41) is 9.84. The van der Waals surface area contributed by atoms with Crippen molar-refractivity contribution in [2.45, 2.75) is 45.3 Å². The minimum absolute atomic E-state index is 0.0299. The molecule has 0 aliphatic carbocycles. The van der Waals surface area contributed by atoms with E-state index in [4.69, 9.17) is 34.2 Å². The quantitative estimate of drug-likeness (QED) is 0.248. The van der Waals surface area contributed by atoms with E-state index in [0.29, 0.717) is 5.56 Å². The molecule has 2 atom stereocenters. The Morgan fingerprint density at radius 3 is 2.03 bits per heavy atom. The molecule has 0 saturated heterocycles. The molecule has 2 rings (SSSR count). The molecule has 2 aromatic rings. The van der Waals surface area contributed by atoms with Crippen LogP contribution in [0.25, 0.3) is 0 Å². The van der Waals surface area contributed by atoms with E-state index in [1.54, 1.807) is 44.2 Å². The van der Waals surface area contributed by atoms with Crippen molar-refractivity contribution in [3.05, 3.63) is 54.1 Å². The van der Waals surface area contributed by atoms with Gasteiger partial charge in [0.15, 0.2) is 11.5 Å². The first kappa shape index (κ1) is 28.9. The number of hydrogen-bond donors (Lipinski definition) is 2. The highest BCUT2D eigenvalue weighted by Gasteiger charge is 2.37. The maximum absolute atomic E-state index is 12.1. The molecular weight excluding hydrogens is 490 g/mol. The third-order valence-corrected chi connectivity index (χ3v) is 4.76. The molecule has 0 aliphatic rings. The molecule has 37 heavy (non-hydrogen) atoms. The van der Waals surface area contributed by atoms with E-state index in [0.717, 1.165) is 0 Å². The summed E-state index contributed by atoms with van der Waals surface area (Å²) in [6, 6.07) is 12.2. The summed E-state index contributed by atoms with van der Waals surface area (Å²) in [6.45, 7) is 4.71. The summed E-state index contributed by atoms with van der Waals surface area (Å²) in [7, 11) is 0. The highest BCUT2D eigenvalue weighted by Crippen LogP contribution is 2.31. The Balaban J connectivity index is 2.18. The molecule has 0 aromatic heterocycles. The van der Waals surface area contributed by atoms with Gasteiger partial charge in [-0.05, 0) is 50.6 Å². The van der Waals surface area contributed by atoms with E-state index < -0.39 is 36.1 Å². The van der Waals surface area contributed by atoms with Crippen molar-refractivity contribution in [1.29, 1.82) is 0 Å². The van der Waals surface area contributed by atoms with Gasteiger partial charge < -0.3 is 39.3 Å². The zero-order valence-electron chi connectivity index (χ0n) is 20.6. The number of carbonyl (C=O) groups excluding carboxylic acids is 3. The van der Waals surface area contributed by atoms with Crippen LogP contribution in [0.4, 0.5) is 14.4 Å². The van der Waals surface area contributed by atoms with Crippen molar-refractivity contribution in [3.8, 4) is 17.2 Å². The molecular formula is C25H29NO11. The fourth-order valence-electron chi connectivity index (χ4n) is 3.23. The standard InChI is InChI=1S/C25H29NO11/c1-4-32-22(29)36-19-12-11-17(13-20(19)37-23(30)33-5-2)15-25(26,21(27)28)14-16(3)34-24(31)35-18-9-7-6-8-10-18/h6-13,16H,4-5,14-15,26H2,1-3H3,(H,27,28)/t16-,25?/m0/s1. The topological polar surface area (TPSA) is 170 Å². The molecule has 0 radical (unpaired) electrons. The number of rotatable bonds is 11. The van der Waals surface area contributed by atoms with E-state index in [1.165, 1.54) is 25.1 Å². The SMILES string of the molecule is CCOC(=O)Oc1ccc(CC(N)(C[C@H](C)OC(=O)Oc2ccccc2)C(=O)O)cc1OC(=O)OCC. The van der Waals surface area contributed by atoms with Crippen LogP contribution in [-0.4, -0.2) is 54.4 Å². The summed E-state index contributed by atoms with van der Waals surface area (Å²) in [5.74, 6) is -1.48. The Kier molecular flexibility index (Phi) is 10.7. The first-order valence-corrected chi connectivity index (χ1v) is 11.3. The first-order chi connectivity index (χ1) is 17.6. The lowest BCUT2D eigenvalue weighted by Crippen LogP contribution is -2.52. The fourth-order valence-corrected chi connectivity index (χ4v) is 3.23. The van der Waals surface area contributed by atoms with Crippen molar-refractivity contribution < 1.29 is 52.7 Å². The molecule has 0 fully saturated rings. The summed E-state index contributed by atoms with van der Waals surface area (Å²) in [4.78, 5) is 47.8. The van der Waals surface area contributed by atoms with Gasteiger partial charge in [0.25, 0.3) is 0 Å². The number of para-hydroxylation sites is 1. The molecule has 0 bridgehead atoms. The number of aliphatic carboxylic acids is 1. The van der Waals surface area contributed by atoms with Gasteiger partial charge in [-0.15, -0.1) is 0 Å². The average Bonchev–Trinajstić information content (AvgIpc) is 2.81. The van der Waals surface area contributed by atoms with E-state index in [1.807, 2.05) is 0 Å². The number of ether oxygens (including phenoxy) is 6. The maximum atomic E-state index is 12.1. The lowest BCUT2D eigenvalue weighted by Gasteiger charge is -2.28. The van der Waals surface area contributed by atoms with Crippen LogP contribution in [0.1, 0.15) is 32.8 Å². The highest BCUT2D eigenvalue weighted by atomic mass is 16.7. The molecule has 0 spiro atoms. The van der Waals surface area contributed by atoms with E-state index in [9.17, 15) is 24.3 Å². The summed E-state index contributed by atoms with van der Waals surface area (Å²) >= 11 is 0. The summed E-state index contributed by atoms with van der Waals surface area (Å²) < 4.78 is 29.8. The van der Waals surface area contributed by atoms with Crippen molar-refractivity contribution in [2.24, 2.45) is 5.73 Å². The molecule has 200 valence electrons. The van der Waals surface area contributed by atoms with Crippen LogP contribution in [-0.2, 0) is 25.4 Å². The predicted molar refractivity (Wildman–Crippen MR) is 128 cm³/mol. The number of carboxylic acid groups (broad SMARTS) is 1. The van der Waals surface area contributed by atoms with Gasteiger partial charge in [-0.1, -0.05) is 24.3 Å². The lowest BCUT2D eigenvalue weighted by atomic mass is 9.86. The van der Waals surface area contributed by atoms with Gasteiger partial charge in [-0.3, -0.25) is 4.79 Å². The Hall–Kier alpha value is -4.32. The van der Waals surface area contributed by atoms with Crippen LogP contribution >= 0.6 is 0 Å². The summed E-state index contributed by atoms with van der Waals surface area (Å²) in [6.07, 6.45) is -4.58. The normalized spacial score (nSPS) is 12.9. The van der Waals surface area contributed by atoms with E-state index >= 15 is 0 Å². The molecule has 3 N–H and O–H groups in total. The Bertz CT molecular complexity index is 1090. The molecule has 0 aliphatic heterocycles. The van der Waals surface area contributed by atoms with Crippen LogP contribution in [0.2, 0.25) is 0 Å². The molecule has 0 heterocycles. The van der Waals surface area contributed by atoms with Crippen LogP contribution < -0.4 is 19.9 Å². The summed E-state index contributed by atoms with van der Waals surface area (Å²) in [5.41, 5.74) is 4.62. The average molecular weight is 520 g/mol. The van der Waals surface area contributed by atoms with Gasteiger partial charge in [0.05, 0.1) is 13.2 Å². The number of benzene rings is 2. The largest absolute Gasteiger partial charge is 0.514 e. The minimum Gasteiger partial charge on any atom is -0.480 e. The first-order valence-electron chi connectivity index (χ1n) is 11.3. The second-order valence-corrected chi connectivity index (χ2v) is 7.79. The molecule has 12 nitrogen and oxygen atoms in total. The molecule has 2 aromatic carbocycles. The smallest absolute Gasteiger partial charge is 0.480 e. The highest BCUT2D eigenvalue weighted by molar-refractivity contribution is 5.79. The van der Waals surface area contributed by atoms with Crippen LogP contribution in [0.15, 0.2) is 48.5 Å². The molecule has 1 unspecified atom stereocenters. The number of carbonyl (C=O) groups is 4. The second-order valence-electron chi connectivity index (χ2n) is 7.79. The maximum Gasteiger partial charge on any atom is 0.514 e. The van der Waals surface area contributed by atoms with Gasteiger partial charge in [-0.2, -0.15) is 0 Å². The predicted octanol–water partition coefficient (Wildman–Crippen LogP) is 4.08. The van der Waals surface area contributed by atoms with Gasteiger partial charge >= 0.3 is 24.4 Å². The second kappa shape index (κ2) is 13.7. The van der Waals surface area contributed by atoms with Crippen molar-refractivity contribution in [1.82, 2.24) is 0 Å². The molecule has 12 heteroatoms. The Labute approximate surface area is 213 Å². The van der Waals surface area contributed by atoms with E-state index in [-0.39, 0.29) is 43.3 Å². The third kappa shape index (κ3) is 9.33. The number of carboxylic acids is 1. The van der Waals surface area contributed by atoms with Crippen molar-refractivity contribution >= 4 is 24.4 Å². The molecule has 0 saturated carbocycles. The Morgan fingerprint density at radius 1 is 0.865 bits per heavy atom. The van der Waals surface area contributed by atoms with Gasteiger partial charge in [0.1, 0.15) is 17.4 Å². The van der Waals surface area contributed by atoms with Gasteiger partial charge in [0, 0.05) is 12.8 Å². The van der Waals surface area contributed by atoms with Gasteiger partial charge in [-0.25, -0.2) is 14.4 Å². The van der Waals surface area contributed by atoms with Gasteiger partial charge in [0.2, 0.25) is 0 Å². The number of nitrogens with two attached hydrogens (primary N) is 1. The van der Waals surface area contributed by atoms with Crippen LogP contribution in [0.5, 0.6) is 17.2 Å². The van der Waals surface area contributed by atoms with E-state index in [2.05, 4.69) is 0 Å². The van der Waals surface area contributed by atoms with Crippen LogP contribution in [0, 0.1) is 0 Å². The fraction of sp³-hybridized carbons (Fsp3) is 0.360. The van der Waals surface area contributed by atoms with Crippen molar-refractivity contribution in [2.75, 3.05) is 13.2 Å². The molecule has 0 amide bonds.